The molecule has 1 unspecified atom stereocenters. The maximum atomic E-state index is 2.31. The third-order valence-corrected chi connectivity index (χ3v) is 9.78. The van der Waals surface area contributed by atoms with Crippen molar-refractivity contribution in [2.75, 3.05) is 0 Å². The summed E-state index contributed by atoms with van der Waals surface area (Å²) < 4.78 is 2.10. The maximum absolute atomic E-state index is 2.31. The van der Waals surface area contributed by atoms with E-state index >= 15 is 0 Å². The van der Waals surface area contributed by atoms with Gasteiger partial charge in [-0.3, -0.25) is 0 Å². The van der Waals surface area contributed by atoms with Crippen LogP contribution in [0, 0.1) is 0 Å². The fourth-order valence-electron chi connectivity index (χ4n) is 4.27. The molecule has 0 saturated carbocycles. The van der Waals surface area contributed by atoms with Gasteiger partial charge in [0.25, 0.3) is 0 Å². The van der Waals surface area contributed by atoms with Gasteiger partial charge < -0.3 is 0 Å². The minimum absolute atomic E-state index is 0.507. The SMILES string of the molecule is c1ccc([C]2=[GeH][CH](c3ccccc3)C(c3ccccc3)=C2c2ccccc2)cc1. The Bertz CT molecular complexity index is 1160. The second kappa shape index (κ2) is 8.18. The summed E-state index contributed by atoms with van der Waals surface area (Å²) in [6.07, 6.45) is 0. The van der Waals surface area contributed by atoms with E-state index in [-0.39, 0.29) is 0 Å². The van der Waals surface area contributed by atoms with Gasteiger partial charge in [0, 0.05) is 0 Å². The molecule has 0 aliphatic carbocycles. The van der Waals surface area contributed by atoms with E-state index in [1.165, 1.54) is 33.4 Å². The molecule has 0 fully saturated rings. The first kappa shape index (κ1) is 18.1. The molecule has 1 aliphatic heterocycles. The Morgan fingerprint density at radius 2 is 0.897 bits per heavy atom. The van der Waals surface area contributed by atoms with E-state index < -0.39 is 15.0 Å². The molecule has 0 spiro atoms. The predicted molar refractivity (Wildman–Crippen MR) is 127 cm³/mol. The molecule has 1 aliphatic rings. The van der Waals surface area contributed by atoms with Crippen molar-refractivity contribution in [3.8, 4) is 0 Å². The van der Waals surface area contributed by atoms with Crippen LogP contribution in [0.15, 0.2) is 121 Å². The van der Waals surface area contributed by atoms with Crippen LogP contribution in [0.4, 0.5) is 0 Å². The van der Waals surface area contributed by atoms with Crippen LogP contribution in [0.5, 0.6) is 0 Å². The Hall–Kier alpha value is -2.97. The van der Waals surface area contributed by atoms with E-state index in [0.29, 0.717) is 4.75 Å². The quantitative estimate of drug-likeness (QED) is 0.348. The Morgan fingerprint density at radius 1 is 0.448 bits per heavy atom. The zero-order valence-electron chi connectivity index (χ0n) is 16.2. The summed E-state index contributed by atoms with van der Waals surface area (Å²) in [7, 11) is 0. The van der Waals surface area contributed by atoms with Crippen molar-refractivity contribution in [1.29, 1.82) is 0 Å². The van der Waals surface area contributed by atoms with Crippen LogP contribution in [0.3, 0.4) is 0 Å². The molecule has 0 amide bonds. The van der Waals surface area contributed by atoms with Gasteiger partial charge >= 0.3 is 179 Å². The summed E-state index contributed by atoms with van der Waals surface area (Å²) in [5.41, 5.74) is 8.48. The van der Waals surface area contributed by atoms with E-state index in [1.54, 1.807) is 4.35 Å². The average molecular weight is 431 g/mol. The number of benzene rings is 4. The molecule has 0 N–H and O–H groups in total. The first-order valence-electron chi connectivity index (χ1n) is 10.1. The van der Waals surface area contributed by atoms with Crippen molar-refractivity contribution >= 4 is 30.5 Å². The van der Waals surface area contributed by atoms with Gasteiger partial charge in [0.05, 0.1) is 0 Å². The van der Waals surface area contributed by atoms with Gasteiger partial charge in [-0.05, 0) is 0 Å². The molecule has 0 aromatic heterocycles. The monoisotopic (exact) mass is 432 g/mol. The van der Waals surface area contributed by atoms with Gasteiger partial charge in [0.15, 0.2) is 0 Å². The van der Waals surface area contributed by atoms with Crippen LogP contribution >= 0.6 is 0 Å². The van der Waals surface area contributed by atoms with Crippen molar-refractivity contribution in [2.45, 2.75) is 4.75 Å². The first-order chi connectivity index (χ1) is 14.4. The van der Waals surface area contributed by atoms with Gasteiger partial charge in [-0.25, -0.2) is 0 Å². The van der Waals surface area contributed by atoms with E-state index in [0.717, 1.165) is 0 Å². The fraction of sp³-hybridized carbons (Fsp3) is 0.0357. The molecule has 1 heteroatoms. The molecule has 29 heavy (non-hydrogen) atoms. The Balaban J connectivity index is 1.81. The molecular weight excluding hydrogens is 409 g/mol. The molecule has 0 nitrogen and oxygen atoms in total. The third kappa shape index (κ3) is 3.57. The number of hydrogen-bond acceptors (Lipinski definition) is 0. The number of hydrogen-bond donors (Lipinski definition) is 0. The fourth-order valence-corrected chi connectivity index (χ4v) is 8.78. The normalized spacial score (nSPS) is 16.0. The Morgan fingerprint density at radius 3 is 1.45 bits per heavy atom. The van der Waals surface area contributed by atoms with Crippen molar-refractivity contribution in [3.63, 3.8) is 0 Å². The molecule has 0 saturated heterocycles. The summed E-state index contributed by atoms with van der Waals surface area (Å²) in [5.74, 6) is 0. The van der Waals surface area contributed by atoms with Crippen LogP contribution in [-0.2, 0) is 0 Å². The first-order valence-corrected chi connectivity index (χ1v) is 12.7. The summed E-state index contributed by atoms with van der Waals surface area (Å²) >= 11 is -0.763. The number of rotatable bonds is 4. The van der Waals surface area contributed by atoms with E-state index in [4.69, 9.17) is 0 Å². The van der Waals surface area contributed by atoms with E-state index in [2.05, 4.69) is 121 Å². The molecule has 4 aromatic rings. The summed E-state index contributed by atoms with van der Waals surface area (Å²) in [6, 6.07) is 44.1. The van der Waals surface area contributed by atoms with Crippen molar-refractivity contribution in [2.24, 2.45) is 0 Å². The van der Waals surface area contributed by atoms with Crippen LogP contribution in [-0.4, -0.2) is 19.3 Å². The van der Waals surface area contributed by atoms with Crippen LogP contribution in [0.25, 0.3) is 11.1 Å². The average Bonchev–Trinajstić information content (AvgIpc) is 3.22. The Labute approximate surface area is 178 Å². The number of allylic oxidation sites excluding steroid dienone is 2. The van der Waals surface area contributed by atoms with E-state index in [9.17, 15) is 0 Å². The summed E-state index contributed by atoms with van der Waals surface area (Å²) in [4.78, 5) is 0. The zero-order valence-corrected chi connectivity index (χ0v) is 18.6. The van der Waals surface area contributed by atoms with E-state index in [1.807, 2.05) is 0 Å². The zero-order chi connectivity index (χ0) is 19.5. The van der Waals surface area contributed by atoms with Crippen LogP contribution in [0.1, 0.15) is 27.0 Å². The molecular formula is C28H22Ge. The predicted octanol–water partition coefficient (Wildman–Crippen LogP) is 6.01. The van der Waals surface area contributed by atoms with Crippen molar-refractivity contribution in [1.82, 2.24) is 0 Å². The van der Waals surface area contributed by atoms with Gasteiger partial charge in [-0.1, -0.05) is 0 Å². The molecule has 0 radical (unpaired) electrons. The molecule has 5 rings (SSSR count). The molecule has 138 valence electrons. The second-order valence-electron chi connectivity index (χ2n) is 7.36. The molecule has 4 aromatic carbocycles. The second-order valence-corrected chi connectivity index (χ2v) is 10.7. The molecule has 0 bridgehead atoms. The summed E-state index contributed by atoms with van der Waals surface area (Å²) in [6.45, 7) is 0. The molecule has 1 heterocycles. The Kier molecular flexibility index (Phi) is 5.10. The minimum atomic E-state index is -0.763. The van der Waals surface area contributed by atoms with Crippen LogP contribution in [0.2, 0.25) is 0 Å². The summed E-state index contributed by atoms with van der Waals surface area (Å²) in [5, 5.41) is 0. The third-order valence-electron chi connectivity index (χ3n) is 5.57. The van der Waals surface area contributed by atoms with Crippen molar-refractivity contribution < 1.29 is 0 Å². The van der Waals surface area contributed by atoms with Crippen molar-refractivity contribution in [3.05, 3.63) is 144 Å². The van der Waals surface area contributed by atoms with Gasteiger partial charge in [-0.2, -0.15) is 0 Å². The van der Waals surface area contributed by atoms with Crippen LogP contribution < -0.4 is 0 Å². The van der Waals surface area contributed by atoms with Gasteiger partial charge in [-0.15, -0.1) is 0 Å². The standard InChI is InChI=1S/C28H22Ge/c1-5-13-21(14-6-1)25-26(22-15-7-2-8-16-22)28(24-19-11-4-12-20-24)29-27(25)23-17-9-3-10-18-23/h1-20,27,29H. The van der Waals surface area contributed by atoms with Gasteiger partial charge in [0.2, 0.25) is 0 Å². The van der Waals surface area contributed by atoms with Gasteiger partial charge in [0.1, 0.15) is 0 Å². The molecule has 1 atom stereocenters. The topological polar surface area (TPSA) is 0 Å².